The number of aromatic nitrogens is 1. The molecule has 1 spiro atoms. The number of hydrogen-bond acceptors (Lipinski definition) is 5. The van der Waals surface area contributed by atoms with Gasteiger partial charge >= 0.3 is 0 Å². The predicted octanol–water partition coefficient (Wildman–Crippen LogP) is 0.421. The topological polar surface area (TPSA) is 89.2 Å². The van der Waals surface area contributed by atoms with Crippen molar-refractivity contribution in [1.29, 1.82) is 5.26 Å². The number of nitrogens with one attached hydrogen (secondary N) is 1. The first-order valence-corrected chi connectivity index (χ1v) is 7.24. The molecule has 0 unspecified atom stereocenters. The van der Waals surface area contributed by atoms with E-state index < -0.39 is 11.5 Å². The van der Waals surface area contributed by atoms with Crippen LogP contribution in [0, 0.1) is 16.7 Å². The highest BCUT2D eigenvalue weighted by molar-refractivity contribution is 5.85. The third-order valence-corrected chi connectivity index (χ3v) is 4.53. The van der Waals surface area contributed by atoms with Gasteiger partial charge in [-0.2, -0.15) is 5.26 Å². The van der Waals surface area contributed by atoms with Gasteiger partial charge in [0.15, 0.2) is 0 Å². The van der Waals surface area contributed by atoms with Gasteiger partial charge in [0, 0.05) is 25.8 Å². The van der Waals surface area contributed by atoms with Crippen molar-refractivity contribution in [3.63, 3.8) is 0 Å². The van der Waals surface area contributed by atoms with E-state index in [0.717, 1.165) is 6.42 Å². The Hall–Kier alpha value is -2.13. The number of carbonyl (C=O) groups is 1. The molecule has 2 aliphatic heterocycles. The average molecular weight is 286 g/mol. The zero-order valence-electron chi connectivity index (χ0n) is 11.7. The molecule has 3 heterocycles. The van der Waals surface area contributed by atoms with Crippen LogP contribution < -0.4 is 10.2 Å². The number of aliphatic hydroxyl groups is 1. The number of amides is 1. The molecule has 2 saturated heterocycles. The third kappa shape index (κ3) is 2.24. The van der Waals surface area contributed by atoms with Crippen LogP contribution in [-0.4, -0.2) is 41.7 Å². The van der Waals surface area contributed by atoms with Crippen molar-refractivity contribution >= 4 is 11.7 Å². The molecule has 1 amide bonds. The molecule has 0 aliphatic carbocycles. The summed E-state index contributed by atoms with van der Waals surface area (Å²) in [6, 6.07) is 5.59. The Morgan fingerprint density at radius 1 is 1.57 bits per heavy atom. The Labute approximate surface area is 123 Å². The number of piperidine rings is 2. The lowest BCUT2D eigenvalue weighted by atomic mass is 9.71. The van der Waals surface area contributed by atoms with Crippen LogP contribution >= 0.6 is 0 Å². The average Bonchev–Trinajstić information content (AvgIpc) is 2.52. The standard InChI is InChI=1S/C15H18N4O2/c16-9-11-3-1-6-17-13(11)19-8-4-12(20)15(10-19)5-2-7-18-14(15)21/h1,3,6,12,20H,2,4-5,7-8,10H2,(H,18,21)/t12-,15+/m0/s1. The van der Waals surface area contributed by atoms with Gasteiger partial charge in [-0.1, -0.05) is 0 Å². The molecule has 6 nitrogen and oxygen atoms in total. The lowest BCUT2D eigenvalue weighted by molar-refractivity contribution is -0.142. The van der Waals surface area contributed by atoms with Crippen LogP contribution in [-0.2, 0) is 4.79 Å². The van der Waals surface area contributed by atoms with Crippen LogP contribution in [0.4, 0.5) is 5.82 Å². The number of pyridine rings is 1. The highest BCUT2D eigenvalue weighted by atomic mass is 16.3. The summed E-state index contributed by atoms with van der Waals surface area (Å²) in [6.45, 7) is 1.67. The van der Waals surface area contributed by atoms with E-state index in [0.29, 0.717) is 43.9 Å². The molecule has 2 N–H and O–H groups in total. The number of aliphatic hydroxyl groups excluding tert-OH is 1. The SMILES string of the molecule is N#Cc1cccnc1N1CC[C@H](O)[C@@]2(CCCNC2=O)C1. The second-order valence-electron chi connectivity index (χ2n) is 5.73. The van der Waals surface area contributed by atoms with E-state index in [9.17, 15) is 15.2 Å². The molecule has 0 aromatic carbocycles. The van der Waals surface area contributed by atoms with Gasteiger partial charge in [0.1, 0.15) is 11.9 Å². The highest BCUT2D eigenvalue weighted by Crippen LogP contribution is 2.38. The molecule has 3 rings (SSSR count). The van der Waals surface area contributed by atoms with Crippen molar-refractivity contribution in [2.24, 2.45) is 5.41 Å². The lowest BCUT2D eigenvalue weighted by Crippen LogP contribution is -2.61. The summed E-state index contributed by atoms with van der Waals surface area (Å²) in [4.78, 5) is 18.6. The number of anilines is 1. The molecular formula is C15H18N4O2. The smallest absolute Gasteiger partial charge is 0.230 e. The van der Waals surface area contributed by atoms with Gasteiger partial charge in [0.2, 0.25) is 5.91 Å². The number of carbonyl (C=O) groups excluding carboxylic acids is 1. The molecule has 110 valence electrons. The maximum Gasteiger partial charge on any atom is 0.230 e. The quantitative estimate of drug-likeness (QED) is 0.781. The molecule has 0 bridgehead atoms. The van der Waals surface area contributed by atoms with Gasteiger partial charge in [-0.3, -0.25) is 4.79 Å². The first kappa shape index (κ1) is 13.8. The minimum absolute atomic E-state index is 0.0830. The lowest BCUT2D eigenvalue weighted by Gasteiger charge is -2.47. The van der Waals surface area contributed by atoms with Crippen molar-refractivity contribution < 1.29 is 9.90 Å². The molecule has 6 heteroatoms. The van der Waals surface area contributed by atoms with E-state index in [1.165, 1.54) is 0 Å². The Morgan fingerprint density at radius 3 is 3.19 bits per heavy atom. The molecule has 2 fully saturated rings. The van der Waals surface area contributed by atoms with Gasteiger partial charge in [0.25, 0.3) is 0 Å². The highest BCUT2D eigenvalue weighted by Gasteiger charge is 2.50. The molecule has 0 saturated carbocycles. The van der Waals surface area contributed by atoms with Crippen LogP contribution in [0.5, 0.6) is 0 Å². The fraction of sp³-hybridized carbons (Fsp3) is 0.533. The summed E-state index contributed by atoms with van der Waals surface area (Å²) >= 11 is 0. The molecule has 1 aromatic heterocycles. The molecule has 2 aliphatic rings. The Balaban J connectivity index is 1.93. The number of nitrogens with zero attached hydrogens (tertiary/aromatic N) is 3. The van der Waals surface area contributed by atoms with Crippen LogP contribution in [0.15, 0.2) is 18.3 Å². The third-order valence-electron chi connectivity index (χ3n) is 4.53. The van der Waals surface area contributed by atoms with E-state index >= 15 is 0 Å². The molecule has 1 aromatic rings. The largest absolute Gasteiger partial charge is 0.392 e. The van der Waals surface area contributed by atoms with Crippen molar-refractivity contribution in [3.05, 3.63) is 23.9 Å². The maximum absolute atomic E-state index is 12.3. The maximum atomic E-state index is 12.3. The Morgan fingerprint density at radius 2 is 2.43 bits per heavy atom. The van der Waals surface area contributed by atoms with Crippen LogP contribution in [0.2, 0.25) is 0 Å². The van der Waals surface area contributed by atoms with Gasteiger partial charge in [-0.25, -0.2) is 4.98 Å². The van der Waals surface area contributed by atoms with Crippen LogP contribution in [0.3, 0.4) is 0 Å². The van der Waals surface area contributed by atoms with E-state index in [1.807, 2.05) is 4.90 Å². The van der Waals surface area contributed by atoms with E-state index in [1.54, 1.807) is 18.3 Å². The summed E-state index contributed by atoms with van der Waals surface area (Å²) in [7, 11) is 0. The van der Waals surface area contributed by atoms with Crippen molar-refractivity contribution in [2.45, 2.75) is 25.4 Å². The van der Waals surface area contributed by atoms with Crippen molar-refractivity contribution in [2.75, 3.05) is 24.5 Å². The predicted molar refractivity (Wildman–Crippen MR) is 76.5 cm³/mol. The number of rotatable bonds is 1. The van der Waals surface area contributed by atoms with Gasteiger partial charge in [0.05, 0.1) is 17.1 Å². The summed E-state index contributed by atoms with van der Waals surface area (Å²) in [5.41, 5.74) is -0.277. The van der Waals surface area contributed by atoms with Crippen LogP contribution in [0.1, 0.15) is 24.8 Å². The molecule has 2 atom stereocenters. The first-order valence-electron chi connectivity index (χ1n) is 7.24. The van der Waals surface area contributed by atoms with Gasteiger partial charge in [-0.05, 0) is 31.4 Å². The van der Waals surface area contributed by atoms with Gasteiger partial charge in [-0.15, -0.1) is 0 Å². The fourth-order valence-electron chi connectivity index (χ4n) is 3.36. The summed E-state index contributed by atoms with van der Waals surface area (Å²) < 4.78 is 0. The zero-order valence-corrected chi connectivity index (χ0v) is 11.7. The van der Waals surface area contributed by atoms with E-state index in [4.69, 9.17) is 0 Å². The molecule has 0 radical (unpaired) electrons. The molecular weight excluding hydrogens is 268 g/mol. The number of nitriles is 1. The molecule has 21 heavy (non-hydrogen) atoms. The van der Waals surface area contributed by atoms with Gasteiger partial charge < -0.3 is 15.3 Å². The zero-order chi connectivity index (χ0) is 14.9. The first-order chi connectivity index (χ1) is 10.2. The Bertz CT molecular complexity index is 598. The monoisotopic (exact) mass is 286 g/mol. The minimum Gasteiger partial charge on any atom is -0.392 e. The Kier molecular flexibility index (Phi) is 3.52. The second-order valence-corrected chi connectivity index (χ2v) is 5.73. The van der Waals surface area contributed by atoms with E-state index in [-0.39, 0.29) is 5.91 Å². The normalized spacial score (nSPS) is 29.0. The minimum atomic E-state index is -0.777. The summed E-state index contributed by atoms with van der Waals surface area (Å²) in [6.07, 6.45) is 3.06. The van der Waals surface area contributed by atoms with Crippen molar-refractivity contribution in [1.82, 2.24) is 10.3 Å². The number of hydrogen-bond donors (Lipinski definition) is 2. The second kappa shape index (κ2) is 5.34. The van der Waals surface area contributed by atoms with Crippen molar-refractivity contribution in [3.8, 4) is 6.07 Å². The van der Waals surface area contributed by atoms with E-state index in [2.05, 4.69) is 16.4 Å². The fourth-order valence-corrected chi connectivity index (χ4v) is 3.36. The summed E-state index contributed by atoms with van der Waals surface area (Å²) in [5.74, 6) is 0.519. The summed E-state index contributed by atoms with van der Waals surface area (Å²) in [5, 5.41) is 22.4. The van der Waals surface area contributed by atoms with Crippen LogP contribution in [0.25, 0.3) is 0 Å².